The van der Waals surface area contributed by atoms with Gasteiger partial charge in [-0.15, -0.1) is 0 Å². The van der Waals surface area contributed by atoms with E-state index in [4.69, 9.17) is 16.3 Å². The highest BCUT2D eigenvalue weighted by atomic mass is 35.5. The number of ether oxygens (including phenoxy) is 1. The fourth-order valence-corrected chi connectivity index (χ4v) is 9.41. The number of hydrogen-bond acceptors (Lipinski definition) is 6. The zero-order chi connectivity index (χ0) is 35.4. The summed E-state index contributed by atoms with van der Waals surface area (Å²) in [6.07, 6.45) is 3.38. The molecule has 4 aromatic rings. The van der Waals surface area contributed by atoms with E-state index in [1.807, 2.05) is 85.8 Å². The summed E-state index contributed by atoms with van der Waals surface area (Å²) < 4.78 is 6.12. The first-order valence-electron chi connectivity index (χ1n) is 17.5. The summed E-state index contributed by atoms with van der Waals surface area (Å²) >= 11 is 6.42. The van der Waals surface area contributed by atoms with Crippen molar-refractivity contribution < 1.29 is 29.0 Å². The Morgan fingerprint density at radius 1 is 0.804 bits per heavy atom. The molecule has 6 unspecified atom stereocenters. The first-order chi connectivity index (χ1) is 24.8. The molecule has 2 aliphatic heterocycles. The van der Waals surface area contributed by atoms with E-state index >= 15 is 4.79 Å². The van der Waals surface area contributed by atoms with Crippen LogP contribution in [0.15, 0.2) is 115 Å². The Bertz CT molecular complexity index is 2080. The van der Waals surface area contributed by atoms with Gasteiger partial charge in [-0.3, -0.25) is 24.1 Å². The number of para-hydroxylation sites is 1. The van der Waals surface area contributed by atoms with Gasteiger partial charge < -0.3 is 9.84 Å². The van der Waals surface area contributed by atoms with Crippen LogP contribution in [0.1, 0.15) is 42.4 Å². The van der Waals surface area contributed by atoms with E-state index in [0.29, 0.717) is 39.7 Å². The van der Waals surface area contributed by atoms with E-state index in [-0.39, 0.29) is 43.3 Å². The molecule has 9 heteroatoms. The molecular formula is C42H37ClN2O6. The van der Waals surface area contributed by atoms with Gasteiger partial charge >= 0.3 is 0 Å². The van der Waals surface area contributed by atoms with E-state index in [0.717, 1.165) is 17.6 Å². The minimum atomic E-state index is -1.42. The molecule has 6 atom stereocenters. The Morgan fingerprint density at radius 3 is 2.27 bits per heavy atom. The maximum Gasteiger partial charge on any atom is 0.246 e. The molecule has 8 nitrogen and oxygen atoms in total. The maximum atomic E-state index is 15.4. The molecule has 4 aromatic carbocycles. The number of imide groups is 2. The minimum Gasteiger partial charge on any atom is -0.491 e. The lowest BCUT2D eigenvalue weighted by molar-refractivity contribution is -0.127. The van der Waals surface area contributed by atoms with Gasteiger partial charge in [-0.25, -0.2) is 4.90 Å². The highest BCUT2D eigenvalue weighted by molar-refractivity contribution is 6.32. The second kappa shape index (κ2) is 12.9. The quantitative estimate of drug-likeness (QED) is 0.163. The van der Waals surface area contributed by atoms with Crippen molar-refractivity contribution in [2.45, 2.75) is 37.5 Å². The van der Waals surface area contributed by atoms with Crippen molar-refractivity contribution in [3.63, 3.8) is 0 Å². The van der Waals surface area contributed by atoms with Crippen LogP contribution in [-0.2, 0) is 31.0 Å². The molecule has 2 heterocycles. The molecule has 8 rings (SSSR count). The normalized spacial score (nSPS) is 26.9. The van der Waals surface area contributed by atoms with E-state index < -0.39 is 35.0 Å². The number of carbonyl (C=O) groups excluding carboxylic acids is 4. The molecule has 0 aromatic heterocycles. The molecule has 4 amide bonds. The van der Waals surface area contributed by atoms with Gasteiger partial charge in [-0.05, 0) is 72.7 Å². The van der Waals surface area contributed by atoms with Crippen molar-refractivity contribution in [2.24, 2.45) is 23.7 Å². The zero-order valence-electron chi connectivity index (χ0n) is 28.1. The van der Waals surface area contributed by atoms with Crippen molar-refractivity contribution >= 4 is 46.6 Å². The maximum absolute atomic E-state index is 15.4. The van der Waals surface area contributed by atoms with Crippen LogP contribution in [0.5, 0.6) is 5.75 Å². The summed E-state index contributed by atoms with van der Waals surface area (Å²) in [5, 5.41) is 10.1. The summed E-state index contributed by atoms with van der Waals surface area (Å²) in [7, 11) is 0. The summed E-state index contributed by atoms with van der Waals surface area (Å²) in [4.78, 5) is 61.6. The molecule has 2 aliphatic carbocycles. The first-order valence-corrected chi connectivity index (χ1v) is 17.9. The van der Waals surface area contributed by atoms with Crippen LogP contribution in [0.2, 0.25) is 5.02 Å². The third-order valence-corrected chi connectivity index (χ3v) is 11.6. The molecule has 0 bridgehead atoms. The second-order valence-corrected chi connectivity index (χ2v) is 14.2. The molecule has 1 saturated carbocycles. The van der Waals surface area contributed by atoms with E-state index in [1.54, 1.807) is 30.3 Å². The van der Waals surface area contributed by atoms with Crippen LogP contribution < -0.4 is 14.5 Å². The van der Waals surface area contributed by atoms with Crippen molar-refractivity contribution in [3.05, 3.63) is 136 Å². The number of halogens is 1. The number of anilines is 2. The molecule has 51 heavy (non-hydrogen) atoms. The number of carbonyl (C=O) groups is 4. The van der Waals surface area contributed by atoms with Crippen LogP contribution in [0.3, 0.4) is 0 Å². The Hall–Kier alpha value is -5.05. The number of aliphatic hydroxyl groups is 1. The zero-order valence-corrected chi connectivity index (χ0v) is 28.8. The van der Waals surface area contributed by atoms with Gasteiger partial charge in [0.1, 0.15) is 12.4 Å². The largest absolute Gasteiger partial charge is 0.491 e. The predicted molar refractivity (Wildman–Crippen MR) is 193 cm³/mol. The predicted octanol–water partition coefficient (Wildman–Crippen LogP) is 6.64. The monoisotopic (exact) mass is 700 g/mol. The first kappa shape index (κ1) is 33.1. The molecule has 2 saturated heterocycles. The standard InChI is InChI=1S/C42H37ClN2O6/c1-2-25-15-17-28(18-16-25)44-38(47)32-20-19-30-33(36(32)40(44)49)24-34-39(48)45(29-12-8-11-27(43)23-29)41(50)42(34,26-9-4-3-5-10-26)37(30)31-13-6-7-14-35(31)51-22-21-46/h3-19,23,32-34,36-37,46H,2,20-22,24H2,1H3. The summed E-state index contributed by atoms with van der Waals surface area (Å²) in [6.45, 7) is 1.86. The number of aryl methyl sites for hydroxylation is 1. The Balaban J connectivity index is 1.34. The second-order valence-electron chi connectivity index (χ2n) is 13.7. The summed E-state index contributed by atoms with van der Waals surface area (Å²) in [5.74, 6) is -4.27. The number of allylic oxidation sites excluding steroid dienone is 2. The molecule has 4 aliphatic rings. The summed E-state index contributed by atoms with van der Waals surface area (Å²) in [5.41, 5.74) is 2.77. The molecule has 0 radical (unpaired) electrons. The van der Waals surface area contributed by atoms with Crippen LogP contribution >= 0.6 is 11.6 Å². The molecule has 3 fully saturated rings. The third-order valence-electron chi connectivity index (χ3n) is 11.3. The lowest BCUT2D eigenvalue weighted by Gasteiger charge is -2.51. The van der Waals surface area contributed by atoms with Gasteiger partial charge in [0.25, 0.3) is 0 Å². The Labute approximate surface area is 301 Å². The number of rotatable bonds is 8. The SMILES string of the molecule is CCc1ccc(N2C(=O)C3CC=C4C(CC5C(=O)N(c6cccc(Cl)c6)C(=O)C5(c5ccccc5)C4c4ccccc4OCCO)C3C2=O)cc1. The van der Waals surface area contributed by atoms with Crippen molar-refractivity contribution in [3.8, 4) is 5.75 Å². The molecule has 0 spiro atoms. The number of fused-ring (bicyclic) bond motifs is 4. The highest BCUT2D eigenvalue weighted by Gasteiger charge is 2.70. The smallest absolute Gasteiger partial charge is 0.246 e. The number of amides is 4. The third kappa shape index (κ3) is 4.99. The van der Waals surface area contributed by atoms with Crippen LogP contribution in [0.4, 0.5) is 11.4 Å². The lowest BCUT2D eigenvalue weighted by Crippen LogP contribution is -2.53. The van der Waals surface area contributed by atoms with E-state index in [1.165, 1.54) is 9.80 Å². The Kier molecular flexibility index (Phi) is 8.39. The molecule has 258 valence electrons. The van der Waals surface area contributed by atoms with Gasteiger partial charge in [0.2, 0.25) is 23.6 Å². The average Bonchev–Trinajstić information content (AvgIpc) is 3.55. The van der Waals surface area contributed by atoms with Crippen molar-refractivity contribution in [2.75, 3.05) is 23.0 Å². The minimum absolute atomic E-state index is 0.0267. The van der Waals surface area contributed by atoms with Gasteiger partial charge in [0.15, 0.2) is 0 Å². The van der Waals surface area contributed by atoms with Gasteiger partial charge in [0, 0.05) is 16.5 Å². The van der Waals surface area contributed by atoms with Crippen molar-refractivity contribution in [1.29, 1.82) is 0 Å². The number of aliphatic hydroxyl groups excluding tert-OH is 1. The highest BCUT2D eigenvalue weighted by Crippen LogP contribution is 2.65. The molecular weight excluding hydrogens is 664 g/mol. The van der Waals surface area contributed by atoms with Crippen molar-refractivity contribution in [1.82, 2.24) is 0 Å². The fourth-order valence-electron chi connectivity index (χ4n) is 9.23. The van der Waals surface area contributed by atoms with Gasteiger partial charge in [-0.1, -0.05) is 96.9 Å². The van der Waals surface area contributed by atoms with Crippen LogP contribution in [0, 0.1) is 23.7 Å². The number of benzene rings is 4. The van der Waals surface area contributed by atoms with Crippen LogP contribution in [0.25, 0.3) is 0 Å². The number of hydrogen-bond donors (Lipinski definition) is 1. The lowest BCUT2D eigenvalue weighted by atomic mass is 9.49. The van der Waals surface area contributed by atoms with Gasteiger partial charge in [-0.2, -0.15) is 0 Å². The fraction of sp³-hybridized carbons (Fsp3) is 0.286. The van der Waals surface area contributed by atoms with Gasteiger partial charge in [0.05, 0.1) is 41.2 Å². The summed E-state index contributed by atoms with van der Waals surface area (Å²) in [6, 6.07) is 31.0. The average molecular weight is 701 g/mol. The molecule has 1 N–H and O–H groups in total. The van der Waals surface area contributed by atoms with E-state index in [2.05, 4.69) is 0 Å². The number of nitrogens with zero attached hydrogens (tertiary/aromatic N) is 2. The van der Waals surface area contributed by atoms with E-state index in [9.17, 15) is 19.5 Å². The topological polar surface area (TPSA) is 104 Å². The van der Waals surface area contributed by atoms with Crippen LogP contribution in [-0.4, -0.2) is 41.9 Å². The Morgan fingerprint density at radius 2 is 1.55 bits per heavy atom.